The maximum atomic E-state index is 13.1. The molecule has 32 heavy (non-hydrogen) atoms. The smallest absolute Gasteiger partial charge is 0.235 e. The molecule has 1 amide bonds. The van der Waals surface area contributed by atoms with E-state index in [-0.39, 0.29) is 12.7 Å². The van der Waals surface area contributed by atoms with Gasteiger partial charge in [-0.05, 0) is 59.9 Å². The van der Waals surface area contributed by atoms with Crippen LogP contribution in [0.4, 0.5) is 5.69 Å². The highest BCUT2D eigenvalue weighted by molar-refractivity contribution is 7.89. The molecule has 1 aliphatic carbocycles. The molecule has 0 bridgehead atoms. The molecule has 0 radical (unpaired) electrons. The van der Waals surface area contributed by atoms with Crippen molar-refractivity contribution in [3.63, 3.8) is 0 Å². The largest absolute Gasteiger partial charge is 0.593 e. The van der Waals surface area contributed by atoms with Gasteiger partial charge in [0.2, 0.25) is 12.7 Å². The summed E-state index contributed by atoms with van der Waals surface area (Å²) >= 11 is -1.19. The lowest BCUT2D eigenvalue weighted by molar-refractivity contribution is -0.118. The number of rotatable bonds is 6. The number of fused-ring (bicyclic) bond motifs is 1. The second-order valence-corrected chi connectivity index (χ2v) is 9.97. The Kier molecular flexibility index (Phi) is 5.33. The minimum atomic E-state index is -1.19. The van der Waals surface area contributed by atoms with E-state index >= 15 is 0 Å². The first-order valence-corrected chi connectivity index (χ1v) is 11.6. The molecule has 6 nitrogen and oxygen atoms in total. The Morgan fingerprint density at radius 2 is 1.72 bits per heavy atom. The van der Waals surface area contributed by atoms with E-state index in [0.717, 1.165) is 45.9 Å². The molecule has 1 heterocycles. The second kappa shape index (κ2) is 8.16. The SMILES string of the molecule is CN(C)[S+]([O-])c1cccc(-c2ccc(NC(=O)C3(c4ccc5c(c4)OCO5)CC3)cc2)c1. The zero-order chi connectivity index (χ0) is 22.3. The van der Waals surface area contributed by atoms with E-state index in [2.05, 4.69) is 5.32 Å². The van der Waals surface area contributed by atoms with Gasteiger partial charge in [0.15, 0.2) is 16.4 Å². The summed E-state index contributed by atoms with van der Waals surface area (Å²) in [5, 5.41) is 3.07. The molecule has 3 aromatic rings. The van der Waals surface area contributed by atoms with Crippen molar-refractivity contribution < 1.29 is 18.8 Å². The second-order valence-electron chi connectivity index (χ2n) is 8.27. The minimum absolute atomic E-state index is 0.00695. The van der Waals surface area contributed by atoms with E-state index in [9.17, 15) is 9.35 Å². The molecule has 1 atom stereocenters. The summed E-state index contributed by atoms with van der Waals surface area (Å²) in [6.45, 7) is 0.221. The maximum absolute atomic E-state index is 13.1. The van der Waals surface area contributed by atoms with Crippen LogP contribution >= 0.6 is 0 Å². The van der Waals surface area contributed by atoms with Crippen LogP contribution in [0.3, 0.4) is 0 Å². The summed E-state index contributed by atoms with van der Waals surface area (Å²) in [5.41, 5.74) is 3.18. The van der Waals surface area contributed by atoms with Crippen molar-refractivity contribution in [3.05, 3.63) is 72.3 Å². The lowest BCUT2D eigenvalue weighted by Crippen LogP contribution is -2.27. The number of benzene rings is 3. The Balaban J connectivity index is 1.31. The monoisotopic (exact) mass is 448 g/mol. The quantitative estimate of drug-likeness (QED) is 0.568. The zero-order valence-electron chi connectivity index (χ0n) is 18.0. The highest BCUT2D eigenvalue weighted by Gasteiger charge is 2.51. The number of hydrogen-bond acceptors (Lipinski definition) is 5. The molecule has 1 fully saturated rings. The molecule has 1 N–H and O–H groups in total. The van der Waals surface area contributed by atoms with Crippen LogP contribution in [0.15, 0.2) is 71.6 Å². The highest BCUT2D eigenvalue weighted by atomic mass is 32.2. The Hall–Kier alpha value is -3.00. The maximum Gasteiger partial charge on any atom is 0.235 e. The first-order chi connectivity index (χ1) is 15.5. The molecule has 1 aliphatic heterocycles. The van der Waals surface area contributed by atoms with Gasteiger partial charge in [-0.2, -0.15) is 0 Å². The van der Waals surface area contributed by atoms with Crippen LogP contribution in [0.1, 0.15) is 18.4 Å². The number of carbonyl (C=O) groups is 1. The Morgan fingerprint density at radius 3 is 2.44 bits per heavy atom. The van der Waals surface area contributed by atoms with Crippen molar-refractivity contribution in [3.8, 4) is 22.6 Å². The van der Waals surface area contributed by atoms with Crippen molar-refractivity contribution in [2.45, 2.75) is 23.2 Å². The number of nitrogens with one attached hydrogen (secondary N) is 1. The van der Waals surface area contributed by atoms with Crippen LogP contribution in [0, 0.1) is 0 Å². The molecular weight excluding hydrogens is 424 g/mol. The van der Waals surface area contributed by atoms with Gasteiger partial charge in [-0.25, -0.2) is 0 Å². The van der Waals surface area contributed by atoms with E-state index in [1.807, 2.05) is 66.7 Å². The van der Waals surface area contributed by atoms with Crippen LogP contribution in [0.5, 0.6) is 11.5 Å². The van der Waals surface area contributed by atoms with E-state index in [4.69, 9.17) is 9.47 Å². The summed E-state index contributed by atoms with van der Waals surface area (Å²) in [5.74, 6) is 1.41. The number of anilines is 1. The predicted molar refractivity (Wildman–Crippen MR) is 124 cm³/mol. The fourth-order valence-electron chi connectivity index (χ4n) is 3.96. The number of ether oxygens (including phenoxy) is 2. The summed E-state index contributed by atoms with van der Waals surface area (Å²) < 4.78 is 24.9. The molecule has 0 saturated heterocycles. The van der Waals surface area contributed by atoms with Gasteiger partial charge < -0.3 is 19.3 Å². The van der Waals surface area contributed by atoms with Gasteiger partial charge in [0.25, 0.3) is 0 Å². The van der Waals surface area contributed by atoms with Crippen molar-refractivity contribution in [1.82, 2.24) is 4.31 Å². The summed E-state index contributed by atoms with van der Waals surface area (Å²) in [4.78, 5) is 13.9. The number of amides is 1. The van der Waals surface area contributed by atoms with E-state index < -0.39 is 16.8 Å². The Morgan fingerprint density at radius 1 is 0.969 bits per heavy atom. The van der Waals surface area contributed by atoms with Crippen molar-refractivity contribution in [2.24, 2.45) is 0 Å². The standard InChI is InChI=1S/C25H24N2O4S/c1-27(2)32(29)21-5-3-4-18(14-21)17-6-9-20(10-7-17)26-24(28)25(12-13-25)19-8-11-22-23(15-19)31-16-30-22/h3-11,14-15H,12-13,16H2,1-2H3,(H,26,28). The lowest BCUT2D eigenvalue weighted by Gasteiger charge is -2.17. The third kappa shape index (κ3) is 3.83. The van der Waals surface area contributed by atoms with Crippen molar-refractivity contribution >= 4 is 23.0 Å². The first-order valence-electron chi connectivity index (χ1n) is 10.5. The van der Waals surface area contributed by atoms with Gasteiger partial charge in [0.05, 0.1) is 16.8 Å². The molecule has 3 aromatic carbocycles. The van der Waals surface area contributed by atoms with Gasteiger partial charge >= 0.3 is 0 Å². The molecule has 0 aromatic heterocycles. The van der Waals surface area contributed by atoms with Gasteiger partial charge in [-0.1, -0.05) is 30.3 Å². The third-order valence-corrected chi connectivity index (χ3v) is 7.27. The average molecular weight is 449 g/mol. The van der Waals surface area contributed by atoms with E-state index in [1.54, 1.807) is 18.4 Å². The molecule has 1 saturated carbocycles. The van der Waals surface area contributed by atoms with Crippen LogP contribution in [-0.4, -0.2) is 35.7 Å². The molecule has 2 aliphatic rings. The minimum Gasteiger partial charge on any atom is -0.593 e. The molecule has 7 heteroatoms. The highest BCUT2D eigenvalue weighted by Crippen LogP contribution is 2.51. The van der Waals surface area contributed by atoms with Crippen molar-refractivity contribution in [1.29, 1.82) is 0 Å². The average Bonchev–Trinajstić information content (AvgIpc) is 3.50. The fourth-order valence-corrected chi connectivity index (χ4v) is 4.80. The fraction of sp³-hybridized carbons (Fsp3) is 0.240. The molecule has 1 unspecified atom stereocenters. The van der Waals surface area contributed by atoms with Gasteiger partial charge in [0, 0.05) is 25.8 Å². The molecule has 164 valence electrons. The molecular formula is C25H24N2O4S. The van der Waals surface area contributed by atoms with Gasteiger partial charge in [-0.3, -0.25) is 4.79 Å². The normalized spacial score (nSPS) is 16.6. The Bertz CT molecular complexity index is 1160. The topological polar surface area (TPSA) is 73.9 Å². The number of nitrogens with zero attached hydrogens (tertiary/aromatic N) is 1. The van der Waals surface area contributed by atoms with Gasteiger partial charge in [-0.15, -0.1) is 4.31 Å². The third-order valence-electron chi connectivity index (χ3n) is 5.95. The van der Waals surface area contributed by atoms with Crippen LogP contribution < -0.4 is 14.8 Å². The van der Waals surface area contributed by atoms with Gasteiger partial charge in [0.1, 0.15) is 0 Å². The van der Waals surface area contributed by atoms with Crippen LogP contribution in [-0.2, 0) is 21.6 Å². The first kappa shape index (κ1) is 20.9. The van der Waals surface area contributed by atoms with E-state index in [1.165, 1.54) is 0 Å². The van der Waals surface area contributed by atoms with Crippen LogP contribution in [0.2, 0.25) is 0 Å². The number of carbonyl (C=O) groups excluding carboxylic acids is 1. The summed E-state index contributed by atoms with van der Waals surface area (Å²) in [6, 6.07) is 21.2. The summed E-state index contributed by atoms with van der Waals surface area (Å²) in [7, 11) is 3.58. The molecule has 5 rings (SSSR count). The summed E-state index contributed by atoms with van der Waals surface area (Å²) in [6.07, 6.45) is 1.62. The molecule has 0 spiro atoms. The lowest BCUT2D eigenvalue weighted by atomic mass is 9.94. The van der Waals surface area contributed by atoms with E-state index in [0.29, 0.717) is 5.75 Å². The van der Waals surface area contributed by atoms with Crippen LogP contribution in [0.25, 0.3) is 11.1 Å². The zero-order valence-corrected chi connectivity index (χ0v) is 18.8. The van der Waals surface area contributed by atoms with Crippen molar-refractivity contribution in [2.75, 3.05) is 26.2 Å². The predicted octanol–water partition coefficient (Wildman–Crippen LogP) is 4.34. The Labute approximate surface area is 190 Å². The number of hydrogen-bond donors (Lipinski definition) is 1.